The molecule has 1 aliphatic rings. The first-order chi connectivity index (χ1) is 12.0. The number of aromatic nitrogens is 1. The SMILES string of the molecule is CC(=O)N1CCN(C(C(=O)Nc2cc(C)on2)c2ccccc2)CC1. The molecule has 3 rings (SSSR count). The van der Waals surface area contributed by atoms with Gasteiger partial charge in [0.05, 0.1) is 0 Å². The first-order valence-electron chi connectivity index (χ1n) is 8.33. The largest absolute Gasteiger partial charge is 0.360 e. The Morgan fingerprint density at radius 3 is 2.40 bits per heavy atom. The molecule has 25 heavy (non-hydrogen) atoms. The van der Waals surface area contributed by atoms with Crippen LogP contribution < -0.4 is 5.32 Å². The van der Waals surface area contributed by atoms with E-state index in [0.29, 0.717) is 37.8 Å². The number of anilines is 1. The maximum absolute atomic E-state index is 12.9. The van der Waals surface area contributed by atoms with E-state index in [0.717, 1.165) is 5.56 Å². The maximum atomic E-state index is 12.9. The van der Waals surface area contributed by atoms with Gasteiger partial charge in [-0.05, 0) is 12.5 Å². The van der Waals surface area contributed by atoms with Crippen molar-refractivity contribution in [2.45, 2.75) is 19.9 Å². The minimum absolute atomic E-state index is 0.0680. The molecule has 1 saturated heterocycles. The predicted octanol–water partition coefficient (Wildman–Crippen LogP) is 1.83. The third-order valence-electron chi connectivity index (χ3n) is 4.37. The second-order valence-corrected chi connectivity index (χ2v) is 6.17. The number of carbonyl (C=O) groups is 2. The van der Waals surface area contributed by atoms with Crippen LogP contribution in [0.1, 0.15) is 24.3 Å². The van der Waals surface area contributed by atoms with Crippen molar-refractivity contribution in [2.75, 3.05) is 31.5 Å². The van der Waals surface area contributed by atoms with Crippen molar-refractivity contribution in [3.05, 3.63) is 47.7 Å². The number of carbonyl (C=O) groups excluding carboxylic acids is 2. The van der Waals surface area contributed by atoms with Gasteiger partial charge in [-0.25, -0.2) is 0 Å². The number of aryl methyl sites for hydroxylation is 1. The molecule has 1 unspecified atom stereocenters. The fourth-order valence-electron chi connectivity index (χ4n) is 3.08. The third-order valence-corrected chi connectivity index (χ3v) is 4.37. The Balaban J connectivity index is 1.78. The second kappa shape index (κ2) is 7.48. The number of amides is 2. The Labute approximate surface area is 146 Å². The van der Waals surface area contributed by atoms with Crippen molar-refractivity contribution in [1.29, 1.82) is 0 Å². The van der Waals surface area contributed by atoms with E-state index < -0.39 is 6.04 Å². The van der Waals surface area contributed by atoms with E-state index in [4.69, 9.17) is 4.52 Å². The molecule has 0 radical (unpaired) electrons. The van der Waals surface area contributed by atoms with E-state index in [1.807, 2.05) is 30.3 Å². The molecule has 2 aromatic rings. The number of rotatable bonds is 4. The van der Waals surface area contributed by atoms with Gasteiger partial charge in [0.2, 0.25) is 11.8 Å². The highest BCUT2D eigenvalue weighted by Crippen LogP contribution is 2.24. The molecule has 0 saturated carbocycles. The summed E-state index contributed by atoms with van der Waals surface area (Å²) in [6, 6.07) is 10.9. The summed E-state index contributed by atoms with van der Waals surface area (Å²) in [5, 5.41) is 6.66. The number of benzene rings is 1. The first kappa shape index (κ1) is 17.2. The molecule has 132 valence electrons. The van der Waals surface area contributed by atoms with Gasteiger partial charge in [-0.15, -0.1) is 0 Å². The van der Waals surface area contributed by atoms with Crippen molar-refractivity contribution in [3.8, 4) is 0 Å². The zero-order valence-electron chi connectivity index (χ0n) is 14.4. The van der Waals surface area contributed by atoms with E-state index in [1.165, 1.54) is 0 Å². The topological polar surface area (TPSA) is 78.7 Å². The fourth-order valence-corrected chi connectivity index (χ4v) is 3.08. The average Bonchev–Trinajstić information content (AvgIpc) is 3.01. The Morgan fingerprint density at radius 2 is 1.84 bits per heavy atom. The van der Waals surface area contributed by atoms with Gasteiger partial charge in [0.25, 0.3) is 0 Å². The summed E-state index contributed by atoms with van der Waals surface area (Å²) in [4.78, 5) is 28.4. The normalized spacial score (nSPS) is 16.5. The quantitative estimate of drug-likeness (QED) is 0.917. The predicted molar refractivity (Wildman–Crippen MR) is 92.9 cm³/mol. The fraction of sp³-hybridized carbons (Fsp3) is 0.389. The van der Waals surface area contributed by atoms with E-state index in [1.54, 1.807) is 24.8 Å². The smallest absolute Gasteiger partial charge is 0.247 e. The maximum Gasteiger partial charge on any atom is 0.247 e. The van der Waals surface area contributed by atoms with E-state index in [2.05, 4.69) is 15.4 Å². The number of nitrogens with zero attached hydrogens (tertiary/aromatic N) is 3. The van der Waals surface area contributed by atoms with E-state index in [-0.39, 0.29) is 11.8 Å². The Hall–Kier alpha value is -2.67. The number of piperazine rings is 1. The summed E-state index contributed by atoms with van der Waals surface area (Å²) < 4.78 is 5.01. The molecule has 0 aliphatic carbocycles. The highest BCUT2D eigenvalue weighted by molar-refractivity contribution is 5.94. The molecule has 1 aromatic heterocycles. The Morgan fingerprint density at radius 1 is 1.16 bits per heavy atom. The van der Waals surface area contributed by atoms with Gasteiger partial charge < -0.3 is 14.7 Å². The molecule has 2 amide bonds. The standard InChI is InChI=1S/C18H22N4O3/c1-13-12-16(20-25-13)19-18(24)17(15-6-4-3-5-7-15)22-10-8-21(9-11-22)14(2)23/h3-7,12,17H,8-11H2,1-2H3,(H,19,20,24). The van der Waals surface area contributed by atoms with Gasteiger partial charge in [-0.2, -0.15) is 0 Å². The molecule has 1 atom stereocenters. The van der Waals surface area contributed by atoms with Crippen LogP contribution in [0.5, 0.6) is 0 Å². The summed E-state index contributed by atoms with van der Waals surface area (Å²) >= 11 is 0. The zero-order valence-corrected chi connectivity index (χ0v) is 14.4. The van der Waals surface area contributed by atoms with Crippen LogP contribution in [0, 0.1) is 6.92 Å². The molecular formula is C18H22N4O3. The Bertz CT molecular complexity index is 736. The van der Waals surface area contributed by atoms with Crippen molar-refractivity contribution in [2.24, 2.45) is 0 Å². The third kappa shape index (κ3) is 4.06. The molecule has 0 spiro atoms. The minimum atomic E-state index is -0.438. The van der Waals surface area contributed by atoms with Crippen molar-refractivity contribution >= 4 is 17.6 Å². The van der Waals surface area contributed by atoms with Crippen LogP contribution in [0.2, 0.25) is 0 Å². The number of hydrogen-bond acceptors (Lipinski definition) is 5. The van der Waals surface area contributed by atoms with Crippen LogP contribution in [0.25, 0.3) is 0 Å². The highest BCUT2D eigenvalue weighted by atomic mass is 16.5. The van der Waals surface area contributed by atoms with Crippen molar-refractivity contribution in [3.63, 3.8) is 0 Å². The lowest BCUT2D eigenvalue weighted by molar-refractivity contribution is -0.131. The Kier molecular flexibility index (Phi) is 5.14. The second-order valence-electron chi connectivity index (χ2n) is 6.17. The van der Waals surface area contributed by atoms with Crippen LogP contribution in [0.4, 0.5) is 5.82 Å². The van der Waals surface area contributed by atoms with Gasteiger partial charge in [0, 0.05) is 39.2 Å². The van der Waals surface area contributed by atoms with Gasteiger partial charge in [0.1, 0.15) is 11.8 Å². The lowest BCUT2D eigenvalue weighted by Crippen LogP contribution is -2.51. The molecular weight excluding hydrogens is 320 g/mol. The monoisotopic (exact) mass is 342 g/mol. The highest BCUT2D eigenvalue weighted by Gasteiger charge is 2.31. The zero-order chi connectivity index (χ0) is 17.8. The summed E-state index contributed by atoms with van der Waals surface area (Å²) in [5.41, 5.74) is 0.913. The molecule has 0 bridgehead atoms. The molecule has 1 fully saturated rings. The van der Waals surface area contributed by atoms with E-state index in [9.17, 15) is 9.59 Å². The van der Waals surface area contributed by atoms with Gasteiger partial charge in [-0.3, -0.25) is 14.5 Å². The first-order valence-corrected chi connectivity index (χ1v) is 8.33. The van der Waals surface area contributed by atoms with E-state index >= 15 is 0 Å². The van der Waals surface area contributed by atoms with Gasteiger partial charge in [0.15, 0.2) is 5.82 Å². The molecule has 1 N–H and O–H groups in total. The van der Waals surface area contributed by atoms with Crippen LogP contribution in [-0.2, 0) is 9.59 Å². The molecule has 7 nitrogen and oxygen atoms in total. The van der Waals surface area contributed by atoms with Crippen LogP contribution in [-0.4, -0.2) is 52.9 Å². The average molecular weight is 342 g/mol. The van der Waals surface area contributed by atoms with Gasteiger partial charge >= 0.3 is 0 Å². The van der Waals surface area contributed by atoms with Gasteiger partial charge in [-0.1, -0.05) is 35.5 Å². The van der Waals surface area contributed by atoms with Crippen molar-refractivity contribution < 1.29 is 14.1 Å². The molecule has 1 aliphatic heterocycles. The lowest BCUT2D eigenvalue weighted by atomic mass is 10.0. The summed E-state index contributed by atoms with van der Waals surface area (Å²) in [5.74, 6) is 0.960. The van der Waals surface area contributed by atoms with Crippen molar-refractivity contribution in [1.82, 2.24) is 15.0 Å². The molecule has 1 aromatic carbocycles. The molecule has 2 heterocycles. The summed E-state index contributed by atoms with van der Waals surface area (Å²) in [6.07, 6.45) is 0. The minimum Gasteiger partial charge on any atom is -0.360 e. The van der Waals surface area contributed by atoms with Crippen LogP contribution in [0.15, 0.2) is 40.9 Å². The number of nitrogens with one attached hydrogen (secondary N) is 1. The van der Waals surface area contributed by atoms with Crippen LogP contribution in [0.3, 0.4) is 0 Å². The van der Waals surface area contributed by atoms with Crippen LogP contribution >= 0.6 is 0 Å². The number of hydrogen-bond donors (Lipinski definition) is 1. The lowest BCUT2D eigenvalue weighted by Gasteiger charge is -2.38. The summed E-state index contributed by atoms with van der Waals surface area (Å²) in [6.45, 7) is 5.88. The molecule has 7 heteroatoms. The summed E-state index contributed by atoms with van der Waals surface area (Å²) in [7, 11) is 0.